The molecule has 1 unspecified atom stereocenters. The smallest absolute Gasteiger partial charge is 0.244 e. The molecule has 0 aromatic carbocycles. The highest BCUT2D eigenvalue weighted by Gasteiger charge is 2.18. The van der Waals surface area contributed by atoms with Gasteiger partial charge in [-0.15, -0.1) is 5.10 Å². The van der Waals surface area contributed by atoms with Crippen LogP contribution in [0, 0.1) is 0 Å². The summed E-state index contributed by atoms with van der Waals surface area (Å²) in [6, 6.07) is 0.520. The van der Waals surface area contributed by atoms with Gasteiger partial charge in [-0.1, -0.05) is 6.92 Å². The number of rotatable bonds is 3. The summed E-state index contributed by atoms with van der Waals surface area (Å²) in [6.45, 7) is 7.33. The topological polar surface area (TPSA) is 56.8 Å². The summed E-state index contributed by atoms with van der Waals surface area (Å²) in [4.78, 5) is 6.72. The molecule has 0 spiro atoms. The fourth-order valence-electron chi connectivity index (χ4n) is 1.89. The molecule has 1 saturated heterocycles. The molecule has 0 radical (unpaired) electrons. The maximum absolute atomic E-state index is 4.49. The molecular formula is C10H19N5. The third kappa shape index (κ3) is 2.47. The largest absolute Gasteiger partial charge is 0.337 e. The van der Waals surface area contributed by atoms with Gasteiger partial charge in [-0.25, -0.2) is 0 Å². The number of aromatic nitrogens is 3. The van der Waals surface area contributed by atoms with Gasteiger partial charge in [0, 0.05) is 32.1 Å². The standard InChI is InChI=1S/C10H19N5/c1-3-4-9-12-10(14-13-9)15-6-5-11-8(2)7-15/h8,11H,3-7H2,1-2H3,(H,12,13,14). The number of nitrogens with one attached hydrogen (secondary N) is 2. The van der Waals surface area contributed by atoms with Crippen molar-refractivity contribution < 1.29 is 0 Å². The Bertz CT molecular complexity index is 309. The molecule has 15 heavy (non-hydrogen) atoms. The summed E-state index contributed by atoms with van der Waals surface area (Å²) in [5.74, 6) is 1.85. The summed E-state index contributed by atoms with van der Waals surface area (Å²) < 4.78 is 0. The third-order valence-electron chi connectivity index (χ3n) is 2.66. The monoisotopic (exact) mass is 209 g/mol. The molecule has 1 aliphatic rings. The highest BCUT2D eigenvalue weighted by atomic mass is 15.4. The van der Waals surface area contributed by atoms with Crippen LogP contribution in [0.15, 0.2) is 0 Å². The lowest BCUT2D eigenvalue weighted by molar-refractivity contribution is 0.479. The zero-order valence-corrected chi connectivity index (χ0v) is 9.45. The molecule has 1 aromatic heterocycles. The predicted molar refractivity (Wildman–Crippen MR) is 60.1 cm³/mol. The van der Waals surface area contributed by atoms with Gasteiger partial charge in [-0.05, 0) is 13.3 Å². The van der Waals surface area contributed by atoms with Gasteiger partial charge >= 0.3 is 0 Å². The Balaban J connectivity index is 2.01. The molecule has 1 aromatic rings. The van der Waals surface area contributed by atoms with Gasteiger partial charge < -0.3 is 10.2 Å². The van der Waals surface area contributed by atoms with Crippen LogP contribution in [-0.4, -0.2) is 40.9 Å². The van der Waals surface area contributed by atoms with E-state index in [9.17, 15) is 0 Å². The van der Waals surface area contributed by atoms with Crippen LogP contribution in [0.5, 0.6) is 0 Å². The van der Waals surface area contributed by atoms with Crippen LogP contribution in [0.25, 0.3) is 0 Å². The van der Waals surface area contributed by atoms with Crippen LogP contribution in [-0.2, 0) is 6.42 Å². The van der Waals surface area contributed by atoms with E-state index >= 15 is 0 Å². The van der Waals surface area contributed by atoms with E-state index in [4.69, 9.17) is 0 Å². The average Bonchev–Trinajstić information content (AvgIpc) is 2.67. The molecule has 5 heteroatoms. The van der Waals surface area contributed by atoms with Crippen LogP contribution in [0.3, 0.4) is 0 Å². The van der Waals surface area contributed by atoms with Crippen LogP contribution in [0.1, 0.15) is 26.1 Å². The number of piperazine rings is 1. The number of hydrogen-bond donors (Lipinski definition) is 2. The summed E-state index contributed by atoms with van der Waals surface area (Å²) in [6.07, 6.45) is 2.08. The summed E-state index contributed by atoms with van der Waals surface area (Å²) in [5, 5.41) is 10.7. The van der Waals surface area contributed by atoms with E-state index in [1.807, 2.05) is 0 Å². The fraction of sp³-hybridized carbons (Fsp3) is 0.800. The second-order valence-electron chi connectivity index (χ2n) is 4.13. The van der Waals surface area contributed by atoms with Crippen molar-refractivity contribution in [3.63, 3.8) is 0 Å². The summed E-state index contributed by atoms with van der Waals surface area (Å²) in [5.41, 5.74) is 0. The molecule has 1 atom stereocenters. The van der Waals surface area contributed by atoms with Gasteiger partial charge in [0.1, 0.15) is 5.82 Å². The van der Waals surface area contributed by atoms with Crippen molar-refractivity contribution in [1.82, 2.24) is 20.5 Å². The fourth-order valence-corrected chi connectivity index (χ4v) is 1.89. The Labute approximate surface area is 90.3 Å². The van der Waals surface area contributed by atoms with Gasteiger partial charge in [-0.3, -0.25) is 5.10 Å². The van der Waals surface area contributed by atoms with Gasteiger partial charge in [0.25, 0.3) is 0 Å². The van der Waals surface area contributed by atoms with Crippen molar-refractivity contribution in [2.24, 2.45) is 0 Å². The van der Waals surface area contributed by atoms with E-state index in [-0.39, 0.29) is 0 Å². The molecule has 2 rings (SSSR count). The van der Waals surface area contributed by atoms with Gasteiger partial charge in [0.05, 0.1) is 0 Å². The van der Waals surface area contributed by atoms with Crippen molar-refractivity contribution in [1.29, 1.82) is 0 Å². The van der Waals surface area contributed by atoms with Crippen molar-refractivity contribution in [2.75, 3.05) is 24.5 Å². The predicted octanol–water partition coefficient (Wildman–Crippen LogP) is 0.555. The quantitative estimate of drug-likeness (QED) is 0.763. The van der Waals surface area contributed by atoms with Crippen LogP contribution < -0.4 is 10.2 Å². The van der Waals surface area contributed by atoms with Crippen molar-refractivity contribution >= 4 is 5.95 Å². The van der Waals surface area contributed by atoms with Crippen molar-refractivity contribution in [2.45, 2.75) is 32.7 Å². The highest BCUT2D eigenvalue weighted by molar-refractivity contribution is 5.30. The van der Waals surface area contributed by atoms with Gasteiger partial charge in [0.2, 0.25) is 5.95 Å². The van der Waals surface area contributed by atoms with E-state index < -0.39 is 0 Å². The maximum atomic E-state index is 4.49. The second kappa shape index (κ2) is 4.61. The first-order valence-electron chi connectivity index (χ1n) is 5.69. The number of aromatic amines is 1. The molecule has 0 bridgehead atoms. The van der Waals surface area contributed by atoms with Gasteiger partial charge in [0.15, 0.2) is 0 Å². The van der Waals surface area contributed by atoms with Gasteiger partial charge in [-0.2, -0.15) is 4.98 Å². The zero-order chi connectivity index (χ0) is 10.7. The normalized spacial score (nSPS) is 22.0. The molecule has 84 valence electrons. The lowest BCUT2D eigenvalue weighted by Gasteiger charge is -2.30. The minimum Gasteiger partial charge on any atom is -0.337 e. The molecule has 1 aliphatic heterocycles. The van der Waals surface area contributed by atoms with Crippen molar-refractivity contribution in [3.8, 4) is 0 Å². The number of anilines is 1. The molecule has 0 saturated carbocycles. The van der Waals surface area contributed by atoms with E-state index in [1.54, 1.807) is 0 Å². The first kappa shape index (κ1) is 10.4. The summed E-state index contributed by atoms with van der Waals surface area (Å²) in [7, 11) is 0. The Hall–Kier alpha value is -1.10. The zero-order valence-electron chi connectivity index (χ0n) is 9.45. The summed E-state index contributed by atoms with van der Waals surface area (Å²) >= 11 is 0. The SMILES string of the molecule is CCCc1nc(N2CCNC(C)C2)n[nH]1. The Morgan fingerprint density at radius 2 is 2.40 bits per heavy atom. The molecule has 0 aliphatic carbocycles. The third-order valence-corrected chi connectivity index (χ3v) is 2.66. The number of nitrogens with zero attached hydrogens (tertiary/aromatic N) is 3. The lowest BCUT2D eigenvalue weighted by atomic mass is 10.2. The Morgan fingerprint density at radius 3 is 3.13 bits per heavy atom. The molecule has 2 N–H and O–H groups in total. The van der Waals surface area contributed by atoms with Crippen LogP contribution in [0.2, 0.25) is 0 Å². The minimum atomic E-state index is 0.520. The van der Waals surface area contributed by atoms with E-state index in [0.717, 1.165) is 44.2 Å². The number of aryl methyl sites for hydroxylation is 1. The second-order valence-corrected chi connectivity index (χ2v) is 4.13. The van der Waals surface area contributed by atoms with Crippen molar-refractivity contribution in [3.05, 3.63) is 5.82 Å². The van der Waals surface area contributed by atoms with E-state index in [0.29, 0.717) is 6.04 Å². The first-order chi connectivity index (χ1) is 7.29. The Morgan fingerprint density at radius 1 is 1.53 bits per heavy atom. The average molecular weight is 209 g/mol. The van der Waals surface area contributed by atoms with Crippen LogP contribution in [0.4, 0.5) is 5.95 Å². The number of hydrogen-bond acceptors (Lipinski definition) is 4. The molecule has 5 nitrogen and oxygen atoms in total. The number of H-pyrrole nitrogens is 1. The molecule has 0 amide bonds. The lowest BCUT2D eigenvalue weighted by Crippen LogP contribution is -2.49. The Kier molecular flexibility index (Phi) is 3.20. The van der Waals surface area contributed by atoms with E-state index in [1.165, 1.54) is 0 Å². The first-order valence-corrected chi connectivity index (χ1v) is 5.69. The molecule has 2 heterocycles. The molecule has 1 fully saturated rings. The minimum absolute atomic E-state index is 0.520. The highest BCUT2D eigenvalue weighted by Crippen LogP contribution is 2.10. The van der Waals surface area contributed by atoms with Crippen LogP contribution >= 0.6 is 0 Å². The maximum Gasteiger partial charge on any atom is 0.244 e. The van der Waals surface area contributed by atoms with E-state index in [2.05, 4.69) is 39.2 Å². The molecular weight excluding hydrogens is 190 g/mol.